The van der Waals surface area contributed by atoms with Crippen molar-refractivity contribution in [2.24, 2.45) is 5.50 Å². The van der Waals surface area contributed by atoms with Crippen LogP contribution in [0, 0.1) is 0 Å². The van der Waals surface area contributed by atoms with Crippen LogP contribution in [0.1, 0.15) is 48.3 Å². The second-order valence-electron chi connectivity index (χ2n) is 3.17. The second-order valence-corrected chi connectivity index (χ2v) is 6.12. The van der Waals surface area contributed by atoms with Gasteiger partial charge in [-0.3, -0.25) is 5.50 Å². The van der Waals surface area contributed by atoms with Gasteiger partial charge in [0.2, 0.25) is 0 Å². The Bertz CT molecular complexity index is 174. The van der Waals surface area contributed by atoms with Gasteiger partial charge in [-0.15, -0.1) is 0 Å². The Hall–Kier alpha value is 1.79. The summed E-state index contributed by atoms with van der Waals surface area (Å²) in [4.78, 5) is 8.94. The minimum atomic E-state index is -2.89. The molecule has 0 aliphatic heterocycles. The van der Waals surface area contributed by atoms with E-state index in [9.17, 15) is 0 Å². The monoisotopic (exact) mass is 267 g/mol. The normalized spacial score (nSPS) is 14.5. The van der Waals surface area contributed by atoms with Crippen molar-refractivity contribution in [1.29, 1.82) is 0 Å². The largest absolute Gasteiger partial charge is 2.00 e. The molecule has 14 heavy (non-hydrogen) atoms. The Labute approximate surface area is 125 Å². The Morgan fingerprint density at radius 2 is 1.79 bits per heavy atom. The van der Waals surface area contributed by atoms with Crippen LogP contribution in [0.15, 0.2) is 0 Å². The van der Waals surface area contributed by atoms with E-state index in [0.717, 1.165) is 12.8 Å². The summed E-state index contributed by atoms with van der Waals surface area (Å²) < 4.78 is 4.90. The standard InChI is InChI=1S/C8H20NO2PS.Ca.2H/c1-2-3-4-5-6-7-8-11-12(9,10)13;;;/h2-8H2,1H3,(H3,9,10,13);;;/q;+2;2*-1. The van der Waals surface area contributed by atoms with Crippen molar-refractivity contribution in [2.45, 2.75) is 45.4 Å². The van der Waals surface area contributed by atoms with Gasteiger partial charge in [-0.2, -0.15) is 0 Å². The van der Waals surface area contributed by atoms with E-state index in [0.29, 0.717) is 6.61 Å². The number of nitrogens with two attached hydrogens (primary N) is 1. The topological polar surface area (TPSA) is 55.5 Å². The van der Waals surface area contributed by atoms with E-state index in [2.05, 4.69) is 18.7 Å². The number of unbranched alkanes of at least 4 members (excludes halogenated alkanes) is 5. The first kappa shape index (κ1) is 18.2. The fourth-order valence-corrected chi connectivity index (χ4v) is 1.69. The van der Waals surface area contributed by atoms with Crippen LogP contribution >= 0.6 is 6.64 Å². The summed E-state index contributed by atoms with van der Waals surface area (Å²) in [7, 11) is 0. The average molecular weight is 267 g/mol. The fourth-order valence-electron chi connectivity index (χ4n) is 1.08. The third-order valence-electron chi connectivity index (χ3n) is 1.77. The summed E-state index contributed by atoms with van der Waals surface area (Å²) in [6, 6.07) is 0. The van der Waals surface area contributed by atoms with Crippen molar-refractivity contribution >= 4 is 56.2 Å². The van der Waals surface area contributed by atoms with Crippen molar-refractivity contribution in [3.8, 4) is 0 Å². The molecule has 3 nitrogen and oxygen atoms in total. The predicted octanol–water partition coefficient (Wildman–Crippen LogP) is 2.38. The minimum Gasteiger partial charge on any atom is -1.00 e. The molecule has 0 amide bonds. The van der Waals surface area contributed by atoms with Crippen LogP contribution < -0.4 is 5.50 Å². The first-order valence-corrected chi connectivity index (χ1v) is 7.56. The van der Waals surface area contributed by atoms with E-state index in [1.54, 1.807) is 0 Å². The summed E-state index contributed by atoms with van der Waals surface area (Å²) in [6.45, 7) is -0.204. The zero-order valence-electron chi connectivity index (χ0n) is 10.9. The van der Waals surface area contributed by atoms with Crippen molar-refractivity contribution in [2.75, 3.05) is 6.61 Å². The fraction of sp³-hybridized carbons (Fsp3) is 1.00. The Morgan fingerprint density at radius 1 is 1.29 bits per heavy atom. The van der Waals surface area contributed by atoms with Crippen molar-refractivity contribution in [3.05, 3.63) is 0 Å². The van der Waals surface area contributed by atoms with Gasteiger partial charge in [-0.1, -0.05) is 39.0 Å². The molecule has 0 heterocycles. The quantitative estimate of drug-likeness (QED) is 0.403. The molecule has 0 radical (unpaired) electrons. The molecular formula is C8H22CaNO2PS. The molecule has 0 aromatic heterocycles. The first-order chi connectivity index (χ1) is 6.06. The van der Waals surface area contributed by atoms with E-state index < -0.39 is 6.64 Å². The summed E-state index contributed by atoms with van der Waals surface area (Å²) in [6.07, 6.45) is 7.16. The molecule has 0 rings (SSSR count). The second kappa shape index (κ2) is 11.3. The van der Waals surface area contributed by atoms with Gasteiger partial charge in [0.1, 0.15) is 0 Å². The first-order valence-electron chi connectivity index (χ1n) is 4.82. The van der Waals surface area contributed by atoms with Crippen molar-refractivity contribution in [1.82, 2.24) is 0 Å². The SMILES string of the molecule is CCCCCCCCOP(N)(O)=S.[Ca+2].[H-].[H-]. The summed E-state index contributed by atoms with van der Waals surface area (Å²) >= 11 is 4.53. The maximum atomic E-state index is 8.94. The van der Waals surface area contributed by atoms with E-state index in [-0.39, 0.29) is 40.6 Å². The van der Waals surface area contributed by atoms with Gasteiger partial charge in [-0.25, -0.2) is 0 Å². The van der Waals surface area contributed by atoms with Gasteiger partial charge in [0.05, 0.1) is 6.61 Å². The third-order valence-corrected chi connectivity index (χ3v) is 2.64. The summed E-state index contributed by atoms with van der Waals surface area (Å²) in [5.41, 5.74) is 5.16. The molecule has 3 N–H and O–H groups in total. The van der Waals surface area contributed by atoms with Crippen LogP contribution in [-0.2, 0) is 16.3 Å². The van der Waals surface area contributed by atoms with Gasteiger partial charge in [0.15, 0.2) is 0 Å². The van der Waals surface area contributed by atoms with E-state index in [1.165, 1.54) is 25.7 Å². The molecular weight excluding hydrogens is 245 g/mol. The third kappa shape index (κ3) is 16.2. The number of hydrogen-bond acceptors (Lipinski definition) is 2. The molecule has 0 saturated heterocycles. The van der Waals surface area contributed by atoms with Gasteiger partial charge < -0.3 is 12.3 Å². The molecule has 84 valence electrons. The number of hydrogen-bond donors (Lipinski definition) is 2. The van der Waals surface area contributed by atoms with Crippen LogP contribution in [0.25, 0.3) is 0 Å². The van der Waals surface area contributed by atoms with E-state index >= 15 is 0 Å². The van der Waals surface area contributed by atoms with Gasteiger partial charge in [0.25, 0.3) is 6.64 Å². The minimum absolute atomic E-state index is 0. The zero-order chi connectivity index (χ0) is 10.2. The predicted molar refractivity (Wildman–Crippen MR) is 68.0 cm³/mol. The van der Waals surface area contributed by atoms with Crippen LogP contribution in [-0.4, -0.2) is 49.2 Å². The summed E-state index contributed by atoms with van der Waals surface area (Å²) in [5, 5.41) is 0. The molecule has 0 aromatic carbocycles. The molecule has 0 aliphatic carbocycles. The van der Waals surface area contributed by atoms with E-state index in [4.69, 9.17) is 14.9 Å². The maximum absolute atomic E-state index is 8.94. The molecule has 0 bridgehead atoms. The Morgan fingerprint density at radius 3 is 2.29 bits per heavy atom. The average Bonchev–Trinajstić information content (AvgIpc) is 2.01. The smallest absolute Gasteiger partial charge is 1.00 e. The molecule has 0 saturated carbocycles. The van der Waals surface area contributed by atoms with Crippen molar-refractivity contribution < 1.29 is 12.3 Å². The molecule has 1 atom stereocenters. The van der Waals surface area contributed by atoms with Crippen molar-refractivity contribution in [3.63, 3.8) is 0 Å². The molecule has 0 spiro atoms. The van der Waals surface area contributed by atoms with Crippen LogP contribution in [0.5, 0.6) is 0 Å². The molecule has 1 unspecified atom stereocenters. The van der Waals surface area contributed by atoms with Crippen LogP contribution in [0.3, 0.4) is 0 Å². The van der Waals surface area contributed by atoms with Crippen LogP contribution in [0.2, 0.25) is 0 Å². The zero-order valence-corrected chi connectivity index (χ0v) is 12.9. The van der Waals surface area contributed by atoms with E-state index in [1.807, 2.05) is 0 Å². The molecule has 0 aromatic rings. The molecule has 0 fully saturated rings. The Kier molecular flexibility index (Phi) is 14.6. The van der Waals surface area contributed by atoms with Gasteiger partial charge in [0, 0.05) is 0 Å². The van der Waals surface area contributed by atoms with Gasteiger partial charge in [-0.05, 0) is 18.2 Å². The molecule has 6 heteroatoms. The maximum Gasteiger partial charge on any atom is 2.00 e. The Balaban J connectivity index is -0.000000240. The summed E-state index contributed by atoms with van der Waals surface area (Å²) in [5.74, 6) is 0. The van der Waals surface area contributed by atoms with Gasteiger partial charge >= 0.3 is 37.7 Å². The molecule has 0 aliphatic rings. The number of rotatable bonds is 8. The van der Waals surface area contributed by atoms with Crippen LogP contribution in [0.4, 0.5) is 0 Å².